The Morgan fingerprint density at radius 3 is 2.38 bits per heavy atom. The lowest BCUT2D eigenvalue weighted by Gasteiger charge is -2.16. The molecule has 0 spiro atoms. The van der Waals surface area contributed by atoms with Crippen molar-refractivity contribution in [2.24, 2.45) is 5.73 Å². The van der Waals surface area contributed by atoms with E-state index in [0.29, 0.717) is 6.54 Å². The van der Waals surface area contributed by atoms with Crippen molar-refractivity contribution >= 4 is 0 Å². The van der Waals surface area contributed by atoms with Gasteiger partial charge in [-0.2, -0.15) is 0 Å². The number of methoxy groups -OCH3 is 1. The Kier molecular flexibility index (Phi) is 6.08. The summed E-state index contributed by atoms with van der Waals surface area (Å²) >= 11 is 0. The van der Waals surface area contributed by atoms with Crippen LogP contribution in [0.15, 0.2) is 24.3 Å². The highest BCUT2D eigenvalue weighted by atomic mass is 16.5. The van der Waals surface area contributed by atoms with Gasteiger partial charge in [0.25, 0.3) is 0 Å². The minimum atomic E-state index is 0.715. The van der Waals surface area contributed by atoms with Crippen molar-refractivity contribution < 1.29 is 4.74 Å². The summed E-state index contributed by atoms with van der Waals surface area (Å²) in [6.45, 7) is 3.42. The average Bonchev–Trinajstić information content (AvgIpc) is 2.29. The smallest absolute Gasteiger partial charge is 0.0589 e. The van der Waals surface area contributed by atoms with Gasteiger partial charge in [-0.3, -0.25) is 4.90 Å². The molecule has 0 atom stereocenters. The molecular weight excluding hydrogens is 200 g/mol. The maximum Gasteiger partial charge on any atom is 0.0589 e. The monoisotopic (exact) mass is 222 g/mol. The standard InChI is InChI=1S/C13H22N2O/c1-15(9-10-16-2)11-13-5-3-12(4-6-13)7-8-14/h3-6H,7-11,14H2,1-2H3. The first-order chi connectivity index (χ1) is 7.76. The van der Waals surface area contributed by atoms with E-state index in [1.807, 2.05) is 0 Å². The number of rotatable bonds is 7. The molecule has 0 saturated carbocycles. The van der Waals surface area contributed by atoms with Crippen LogP contribution in [-0.4, -0.2) is 38.8 Å². The second kappa shape index (κ2) is 7.39. The lowest BCUT2D eigenvalue weighted by atomic mass is 10.1. The molecule has 0 radical (unpaired) electrons. The van der Waals surface area contributed by atoms with E-state index >= 15 is 0 Å². The highest BCUT2D eigenvalue weighted by molar-refractivity contribution is 5.22. The number of benzene rings is 1. The van der Waals surface area contributed by atoms with Crippen molar-refractivity contribution in [1.82, 2.24) is 4.90 Å². The molecule has 16 heavy (non-hydrogen) atoms. The normalized spacial score (nSPS) is 11.0. The predicted molar refractivity (Wildman–Crippen MR) is 67.4 cm³/mol. The molecule has 0 amide bonds. The van der Waals surface area contributed by atoms with Gasteiger partial charge in [-0.25, -0.2) is 0 Å². The van der Waals surface area contributed by atoms with Crippen molar-refractivity contribution in [2.75, 3.05) is 33.9 Å². The summed E-state index contributed by atoms with van der Waals surface area (Å²) in [6, 6.07) is 8.67. The number of hydrogen-bond donors (Lipinski definition) is 1. The minimum absolute atomic E-state index is 0.715. The van der Waals surface area contributed by atoms with Crippen LogP contribution in [0.2, 0.25) is 0 Å². The summed E-state index contributed by atoms with van der Waals surface area (Å²) in [4.78, 5) is 2.25. The quantitative estimate of drug-likeness (QED) is 0.755. The molecule has 3 heteroatoms. The fraction of sp³-hybridized carbons (Fsp3) is 0.538. The van der Waals surface area contributed by atoms with Gasteiger partial charge in [0.15, 0.2) is 0 Å². The van der Waals surface area contributed by atoms with Crippen LogP contribution in [-0.2, 0) is 17.7 Å². The molecule has 0 fully saturated rings. The van der Waals surface area contributed by atoms with Crippen molar-refractivity contribution in [3.8, 4) is 0 Å². The summed E-state index contributed by atoms with van der Waals surface area (Å²) < 4.78 is 5.05. The first kappa shape index (κ1) is 13.2. The Labute approximate surface area is 98.2 Å². The molecule has 0 aromatic heterocycles. The van der Waals surface area contributed by atoms with Crippen LogP contribution in [0.25, 0.3) is 0 Å². The van der Waals surface area contributed by atoms with Gasteiger partial charge in [-0.05, 0) is 31.1 Å². The van der Waals surface area contributed by atoms with E-state index in [-0.39, 0.29) is 0 Å². The first-order valence-electron chi connectivity index (χ1n) is 5.71. The lowest BCUT2D eigenvalue weighted by Crippen LogP contribution is -2.22. The molecule has 0 aliphatic heterocycles. The van der Waals surface area contributed by atoms with E-state index in [1.165, 1.54) is 11.1 Å². The summed E-state index contributed by atoms with van der Waals surface area (Å²) in [7, 11) is 3.84. The maximum absolute atomic E-state index is 5.51. The molecule has 90 valence electrons. The van der Waals surface area contributed by atoms with Gasteiger partial charge in [0.2, 0.25) is 0 Å². The van der Waals surface area contributed by atoms with Crippen LogP contribution in [0.5, 0.6) is 0 Å². The third-order valence-corrected chi connectivity index (χ3v) is 2.59. The second-order valence-corrected chi connectivity index (χ2v) is 4.09. The fourth-order valence-electron chi connectivity index (χ4n) is 1.62. The zero-order valence-corrected chi connectivity index (χ0v) is 10.3. The van der Waals surface area contributed by atoms with Gasteiger partial charge < -0.3 is 10.5 Å². The summed E-state index contributed by atoms with van der Waals surface area (Å²) in [5.41, 5.74) is 8.16. The Morgan fingerprint density at radius 2 is 1.81 bits per heavy atom. The first-order valence-corrected chi connectivity index (χ1v) is 5.71. The van der Waals surface area contributed by atoms with Gasteiger partial charge in [0, 0.05) is 20.2 Å². The summed E-state index contributed by atoms with van der Waals surface area (Å²) in [5.74, 6) is 0. The number of nitrogens with zero attached hydrogens (tertiary/aromatic N) is 1. The third kappa shape index (κ3) is 4.75. The van der Waals surface area contributed by atoms with Crippen LogP contribution >= 0.6 is 0 Å². The van der Waals surface area contributed by atoms with E-state index in [4.69, 9.17) is 10.5 Å². The molecule has 0 aliphatic carbocycles. The molecule has 2 N–H and O–H groups in total. The van der Waals surface area contributed by atoms with E-state index in [0.717, 1.165) is 26.1 Å². The van der Waals surface area contributed by atoms with Crippen molar-refractivity contribution in [3.05, 3.63) is 35.4 Å². The second-order valence-electron chi connectivity index (χ2n) is 4.09. The average molecular weight is 222 g/mol. The van der Waals surface area contributed by atoms with E-state index < -0.39 is 0 Å². The van der Waals surface area contributed by atoms with Crippen LogP contribution < -0.4 is 5.73 Å². The van der Waals surface area contributed by atoms with E-state index in [2.05, 4.69) is 36.2 Å². The van der Waals surface area contributed by atoms with Crippen molar-refractivity contribution in [1.29, 1.82) is 0 Å². The molecule has 0 heterocycles. The molecular formula is C13H22N2O. The maximum atomic E-state index is 5.51. The molecule has 1 aromatic carbocycles. The fourth-order valence-corrected chi connectivity index (χ4v) is 1.62. The van der Waals surface area contributed by atoms with E-state index in [9.17, 15) is 0 Å². The molecule has 0 aliphatic rings. The largest absolute Gasteiger partial charge is 0.383 e. The number of nitrogens with two attached hydrogens (primary N) is 1. The van der Waals surface area contributed by atoms with Crippen LogP contribution in [0.4, 0.5) is 0 Å². The van der Waals surface area contributed by atoms with Crippen LogP contribution in [0.3, 0.4) is 0 Å². The van der Waals surface area contributed by atoms with Gasteiger partial charge in [-0.1, -0.05) is 24.3 Å². The lowest BCUT2D eigenvalue weighted by molar-refractivity contribution is 0.158. The van der Waals surface area contributed by atoms with E-state index in [1.54, 1.807) is 7.11 Å². The zero-order chi connectivity index (χ0) is 11.8. The summed E-state index contributed by atoms with van der Waals surface area (Å²) in [5, 5.41) is 0. The van der Waals surface area contributed by atoms with Gasteiger partial charge in [-0.15, -0.1) is 0 Å². The van der Waals surface area contributed by atoms with Gasteiger partial charge in [0.1, 0.15) is 0 Å². The summed E-state index contributed by atoms with van der Waals surface area (Å²) in [6.07, 6.45) is 0.958. The van der Waals surface area contributed by atoms with Crippen LogP contribution in [0, 0.1) is 0 Å². The topological polar surface area (TPSA) is 38.5 Å². The highest BCUT2D eigenvalue weighted by Gasteiger charge is 2.00. The Hall–Kier alpha value is -0.900. The van der Waals surface area contributed by atoms with Gasteiger partial charge in [0.05, 0.1) is 6.61 Å². The molecule has 1 rings (SSSR count). The van der Waals surface area contributed by atoms with Crippen molar-refractivity contribution in [2.45, 2.75) is 13.0 Å². The van der Waals surface area contributed by atoms with Crippen LogP contribution in [0.1, 0.15) is 11.1 Å². The molecule has 0 saturated heterocycles. The number of ether oxygens (including phenoxy) is 1. The molecule has 3 nitrogen and oxygen atoms in total. The highest BCUT2D eigenvalue weighted by Crippen LogP contribution is 2.06. The molecule has 0 unspecified atom stereocenters. The number of hydrogen-bond acceptors (Lipinski definition) is 3. The minimum Gasteiger partial charge on any atom is -0.383 e. The predicted octanol–water partition coefficient (Wildman–Crippen LogP) is 1.27. The van der Waals surface area contributed by atoms with Gasteiger partial charge >= 0.3 is 0 Å². The Bertz CT molecular complexity index is 284. The Morgan fingerprint density at radius 1 is 1.19 bits per heavy atom. The van der Waals surface area contributed by atoms with Crippen molar-refractivity contribution in [3.63, 3.8) is 0 Å². The zero-order valence-electron chi connectivity index (χ0n) is 10.3. The number of likely N-dealkylation sites (N-methyl/N-ethyl adjacent to an activating group) is 1. The SMILES string of the molecule is COCCN(C)Cc1ccc(CCN)cc1. The Balaban J connectivity index is 2.41. The molecule has 1 aromatic rings. The third-order valence-electron chi connectivity index (χ3n) is 2.59. The molecule has 0 bridgehead atoms.